The van der Waals surface area contributed by atoms with Crippen molar-refractivity contribution in [2.45, 2.75) is 12.5 Å². The first kappa shape index (κ1) is 21.0. The van der Waals surface area contributed by atoms with E-state index in [1.54, 1.807) is 42.5 Å². The number of hydrogen-bond acceptors (Lipinski definition) is 7. The fourth-order valence-corrected chi connectivity index (χ4v) is 4.44. The largest absolute Gasteiger partial charge is 0.456 e. The maximum Gasteiger partial charge on any atom is 0.292 e. The van der Waals surface area contributed by atoms with Crippen molar-refractivity contribution in [3.05, 3.63) is 53.0 Å². The standard InChI is InChI=1S/C22H21N3O5S/c1-23-21(27)19(26)13-3-5-14(6-4-13)30-17-7-9-24-16-11-18(31-20(16)17)22(28)25-10-8-15(12-25)29-2/h3-7,9,11,15H,8,10,12H2,1-2H3,(H,23,27). The second-order valence-corrected chi connectivity index (χ2v) is 8.12. The van der Waals surface area contributed by atoms with E-state index in [1.807, 2.05) is 0 Å². The summed E-state index contributed by atoms with van der Waals surface area (Å²) in [6, 6.07) is 9.82. The Bertz CT molecular complexity index is 1140. The van der Waals surface area contributed by atoms with Crippen molar-refractivity contribution >= 4 is 39.2 Å². The van der Waals surface area contributed by atoms with Gasteiger partial charge in [-0.15, -0.1) is 11.3 Å². The Morgan fingerprint density at radius 2 is 1.97 bits per heavy atom. The molecule has 4 rings (SSSR count). The summed E-state index contributed by atoms with van der Waals surface area (Å²) in [7, 11) is 3.07. The van der Waals surface area contributed by atoms with Gasteiger partial charge in [-0.05, 0) is 36.8 Å². The summed E-state index contributed by atoms with van der Waals surface area (Å²) in [5, 5.41) is 2.31. The van der Waals surface area contributed by atoms with Crippen molar-refractivity contribution < 1.29 is 23.9 Å². The number of aromatic nitrogens is 1. The van der Waals surface area contributed by atoms with Crippen LogP contribution in [0.1, 0.15) is 26.5 Å². The van der Waals surface area contributed by atoms with Crippen LogP contribution < -0.4 is 10.1 Å². The third-order valence-electron chi connectivity index (χ3n) is 5.13. The number of amides is 2. The van der Waals surface area contributed by atoms with Crippen LogP contribution in [0.3, 0.4) is 0 Å². The highest BCUT2D eigenvalue weighted by Crippen LogP contribution is 2.35. The van der Waals surface area contributed by atoms with Crippen molar-refractivity contribution in [2.75, 3.05) is 27.2 Å². The smallest absolute Gasteiger partial charge is 0.292 e. The number of thiophene rings is 1. The summed E-state index contributed by atoms with van der Waals surface area (Å²) in [6.07, 6.45) is 2.53. The summed E-state index contributed by atoms with van der Waals surface area (Å²) in [4.78, 5) is 43.0. The number of benzene rings is 1. The lowest BCUT2D eigenvalue weighted by Crippen LogP contribution is -2.29. The number of Topliss-reactive ketones (excluding diaryl/α,β-unsaturated/α-hetero) is 1. The van der Waals surface area contributed by atoms with E-state index in [2.05, 4.69) is 10.3 Å². The van der Waals surface area contributed by atoms with Crippen molar-refractivity contribution in [1.29, 1.82) is 0 Å². The van der Waals surface area contributed by atoms with Crippen LogP contribution in [-0.4, -0.2) is 60.8 Å². The van der Waals surface area contributed by atoms with Crippen molar-refractivity contribution in [3.8, 4) is 11.5 Å². The first-order valence-electron chi connectivity index (χ1n) is 9.75. The van der Waals surface area contributed by atoms with Gasteiger partial charge in [0.2, 0.25) is 5.78 Å². The third-order valence-corrected chi connectivity index (χ3v) is 6.26. The molecule has 0 saturated carbocycles. The Morgan fingerprint density at radius 1 is 1.19 bits per heavy atom. The highest BCUT2D eigenvalue weighted by Gasteiger charge is 2.28. The molecule has 0 spiro atoms. The number of likely N-dealkylation sites (tertiary alicyclic amines) is 1. The van der Waals surface area contributed by atoms with Gasteiger partial charge in [-0.3, -0.25) is 19.4 Å². The van der Waals surface area contributed by atoms with E-state index >= 15 is 0 Å². The van der Waals surface area contributed by atoms with E-state index < -0.39 is 11.7 Å². The van der Waals surface area contributed by atoms with E-state index in [0.717, 1.165) is 11.1 Å². The topological polar surface area (TPSA) is 97.8 Å². The minimum atomic E-state index is -0.671. The van der Waals surface area contributed by atoms with Gasteiger partial charge >= 0.3 is 0 Å². The predicted molar refractivity (Wildman–Crippen MR) is 116 cm³/mol. The Morgan fingerprint density at radius 3 is 2.65 bits per heavy atom. The zero-order valence-corrected chi connectivity index (χ0v) is 17.9. The minimum Gasteiger partial charge on any atom is -0.456 e. The number of pyridine rings is 1. The number of hydrogen-bond donors (Lipinski definition) is 1. The molecule has 0 radical (unpaired) electrons. The molecule has 1 fully saturated rings. The molecule has 3 aromatic rings. The molecule has 1 atom stereocenters. The molecule has 1 saturated heterocycles. The Balaban J connectivity index is 1.54. The number of ketones is 1. The molecule has 1 unspecified atom stereocenters. The fraction of sp³-hybridized carbons (Fsp3) is 0.273. The normalized spacial score (nSPS) is 15.8. The Labute approximate surface area is 182 Å². The molecule has 1 aliphatic rings. The maximum atomic E-state index is 12.9. The molecule has 1 N–H and O–H groups in total. The molecule has 31 heavy (non-hydrogen) atoms. The highest BCUT2D eigenvalue weighted by atomic mass is 32.1. The molecule has 3 heterocycles. The SMILES string of the molecule is CNC(=O)C(=O)c1ccc(Oc2ccnc3cc(C(=O)N4CCC(OC)C4)sc23)cc1. The molecule has 160 valence electrons. The number of carbonyl (C=O) groups excluding carboxylic acids is 3. The zero-order valence-electron chi connectivity index (χ0n) is 17.1. The van der Waals surface area contributed by atoms with Gasteiger partial charge < -0.3 is 19.7 Å². The average Bonchev–Trinajstić information content (AvgIpc) is 3.46. The van der Waals surface area contributed by atoms with Gasteiger partial charge in [0.25, 0.3) is 11.8 Å². The quantitative estimate of drug-likeness (QED) is 0.469. The molecule has 2 aromatic heterocycles. The average molecular weight is 439 g/mol. The van der Waals surface area contributed by atoms with Gasteiger partial charge in [0.15, 0.2) is 0 Å². The van der Waals surface area contributed by atoms with Crippen LogP contribution in [0.2, 0.25) is 0 Å². The molecule has 0 aliphatic carbocycles. The van der Waals surface area contributed by atoms with E-state index in [4.69, 9.17) is 9.47 Å². The monoisotopic (exact) mass is 439 g/mol. The number of likely N-dealkylation sites (N-methyl/N-ethyl adjacent to an activating group) is 1. The van der Waals surface area contributed by atoms with Crippen LogP contribution in [0.5, 0.6) is 11.5 Å². The number of methoxy groups -OCH3 is 1. The van der Waals surface area contributed by atoms with Crippen molar-refractivity contribution in [2.24, 2.45) is 0 Å². The Kier molecular flexibility index (Phi) is 5.97. The van der Waals surface area contributed by atoms with E-state index in [0.29, 0.717) is 35.0 Å². The molecular weight excluding hydrogens is 418 g/mol. The number of fused-ring (bicyclic) bond motifs is 1. The molecule has 2 amide bonds. The lowest BCUT2D eigenvalue weighted by Gasteiger charge is -2.14. The van der Waals surface area contributed by atoms with E-state index in [1.165, 1.54) is 30.5 Å². The van der Waals surface area contributed by atoms with Gasteiger partial charge in [-0.25, -0.2) is 0 Å². The molecule has 1 aliphatic heterocycles. The van der Waals surface area contributed by atoms with Crippen molar-refractivity contribution in [1.82, 2.24) is 15.2 Å². The van der Waals surface area contributed by atoms with Gasteiger partial charge in [-0.1, -0.05) is 0 Å². The number of carbonyl (C=O) groups is 3. The number of nitrogens with one attached hydrogen (secondary N) is 1. The fourth-order valence-electron chi connectivity index (χ4n) is 3.41. The van der Waals surface area contributed by atoms with E-state index in [9.17, 15) is 14.4 Å². The summed E-state index contributed by atoms with van der Waals surface area (Å²) in [5.74, 6) is -0.250. The minimum absolute atomic E-state index is 0.0365. The summed E-state index contributed by atoms with van der Waals surface area (Å²) in [6.45, 7) is 1.25. The summed E-state index contributed by atoms with van der Waals surface area (Å²) < 4.78 is 12.1. The zero-order chi connectivity index (χ0) is 22.0. The van der Waals surface area contributed by atoms with Crippen LogP contribution in [0.4, 0.5) is 0 Å². The molecule has 0 bridgehead atoms. The first-order valence-corrected chi connectivity index (χ1v) is 10.6. The van der Waals surface area contributed by atoms with Gasteiger partial charge in [0, 0.05) is 45.1 Å². The van der Waals surface area contributed by atoms with Gasteiger partial charge in [0.05, 0.1) is 21.2 Å². The lowest BCUT2D eigenvalue weighted by molar-refractivity contribution is -0.116. The second-order valence-electron chi connectivity index (χ2n) is 7.07. The number of ether oxygens (including phenoxy) is 2. The predicted octanol–water partition coefficient (Wildman–Crippen LogP) is 2.88. The summed E-state index contributed by atoms with van der Waals surface area (Å²) >= 11 is 1.34. The van der Waals surface area contributed by atoms with Crippen LogP contribution in [0, 0.1) is 0 Å². The number of rotatable bonds is 6. The third kappa shape index (κ3) is 4.28. The van der Waals surface area contributed by atoms with Gasteiger partial charge in [-0.2, -0.15) is 0 Å². The number of nitrogens with zero attached hydrogens (tertiary/aromatic N) is 2. The van der Waals surface area contributed by atoms with Crippen molar-refractivity contribution in [3.63, 3.8) is 0 Å². The van der Waals surface area contributed by atoms with Crippen LogP contribution in [-0.2, 0) is 9.53 Å². The molecular formula is C22H21N3O5S. The lowest BCUT2D eigenvalue weighted by atomic mass is 10.1. The van der Waals surface area contributed by atoms with Crippen LogP contribution >= 0.6 is 11.3 Å². The van der Waals surface area contributed by atoms with E-state index in [-0.39, 0.29) is 17.6 Å². The molecule has 1 aromatic carbocycles. The van der Waals surface area contributed by atoms with Crippen LogP contribution in [0.15, 0.2) is 42.6 Å². The Hall–Kier alpha value is -3.30. The van der Waals surface area contributed by atoms with Gasteiger partial charge in [0.1, 0.15) is 11.5 Å². The molecule has 9 heteroatoms. The van der Waals surface area contributed by atoms with Crippen LogP contribution in [0.25, 0.3) is 10.2 Å². The summed E-state index contributed by atoms with van der Waals surface area (Å²) in [5.41, 5.74) is 0.954. The maximum absolute atomic E-state index is 12.9. The second kappa shape index (κ2) is 8.83. The first-order chi connectivity index (χ1) is 15.0. The highest BCUT2D eigenvalue weighted by molar-refractivity contribution is 7.21. The molecule has 8 nitrogen and oxygen atoms in total.